The lowest BCUT2D eigenvalue weighted by molar-refractivity contribution is 0.597. The van der Waals surface area contributed by atoms with Crippen molar-refractivity contribution in [1.29, 1.82) is 5.26 Å². The number of para-hydroxylation sites is 2. The van der Waals surface area contributed by atoms with Crippen LogP contribution in [-0.2, 0) is 9.84 Å². The first-order valence-corrected chi connectivity index (χ1v) is 13.4. The van der Waals surface area contributed by atoms with E-state index >= 15 is 0 Å². The number of rotatable bonds is 6. The van der Waals surface area contributed by atoms with Crippen LogP contribution in [0.1, 0.15) is 17.5 Å². The second kappa shape index (κ2) is 9.29. The lowest BCUT2D eigenvalue weighted by Crippen LogP contribution is -2.03. The molecule has 3 aromatic carbocycles. The predicted octanol–water partition coefficient (Wildman–Crippen LogP) is 6.01. The van der Waals surface area contributed by atoms with Crippen molar-refractivity contribution in [1.82, 2.24) is 14.8 Å². The minimum Gasteiger partial charge on any atom is -0.240 e. The fourth-order valence-corrected chi connectivity index (χ4v) is 5.52. The van der Waals surface area contributed by atoms with E-state index in [0.717, 1.165) is 27.0 Å². The van der Waals surface area contributed by atoms with E-state index in [1.54, 1.807) is 41.9 Å². The van der Waals surface area contributed by atoms with Crippen molar-refractivity contribution < 1.29 is 8.42 Å². The van der Waals surface area contributed by atoms with E-state index in [1.807, 2.05) is 60.8 Å². The quantitative estimate of drug-likeness (QED) is 0.269. The summed E-state index contributed by atoms with van der Waals surface area (Å²) in [7, 11) is -3.30. The predicted molar refractivity (Wildman–Crippen MR) is 140 cm³/mol. The lowest BCUT2D eigenvalue weighted by Gasteiger charge is -2.04. The standard InChI is InChI=1S/C27H20N4O2S2/c1-2-35(32,33)23-14-12-19(13-15-23)26-21(18-31(30-26)22-8-4-3-5-9-22)16-20(17-28)27-29-24-10-6-7-11-25(24)34-27/h3-16,18H,2H2,1H3/b20-16+. The third kappa shape index (κ3) is 4.52. The molecule has 5 rings (SSSR count). The molecule has 0 unspecified atom stereocenters. The van der Waals surface area contributed by atoms with E-state index in [4.69, 9.17) is 5.10 Å². The molecule has 6 nitrogen and oxygen atoms in total. The Balaban J connectivity index is 1.64. The van der Waals surface area contributed by atoms with Crippen molar-refractivity contribution in [2.24, 2.45) is 0 Å². The highest BCUT2D eigenvalue weighted by Gasteiger charge is 2.16. The Morgan fingerprint density at radius 2 is 1.74 bits per heavy atom. The van der Waals surface area contributed by atoms with Crippen molar-refractivity contribution in [3.63, 3.8) is 0 Å². The summed E-state index contributed by atoms with van der Waals surface area (Å²) in [6.45, 7) is 1.62. The molecule has 35 heavy (non-hydrogen) atoms. The Bertz CT molecular complexity index is 1660. The number of hydrogen-bond acceptors (Lipinski definition) is 6. The molecule has 0 aliphatic carbocycles. The molecule has 0 spiro atoms. The highest BCUT2D eigenvalue weighted by Crippen LogP contribution is 2.31. The van der Waals surface area contributed by atoms with Crippen LogP contribution in [0.4, 0.5) is 0 Å². The number of benzene rings is 3. The van der Waals surface area contributed by atoms with Crippen LogP contribution in [0, 0.1) is 11.3 Å². The van der Waals surface area contributed by atoms with Crippen LogP contribution < -0.4 is 0 Å². The van der Waals surface area contributed by atoms with E-state index < -0.39 is 9.84 Å². The average Bonchev–Trinajstić information content (AvgIpc) is 3.52. The van der Waals surface area contributed by atoms with E-state index in [1.165, 1.54) is 11.3 Å². The monoisotopic (exact) mass is 496 g/mol. The number of allylic oxidation sites excluding steroid dienone is 1. The molecule has 0 fully saturated rings. The zero-order valence-electron chi connectivity index (χ0n) is 18.8. The third-order valence-corrected chi connectivity index (χ3v) is 8.39. The fourth-order valence-electron chi connectivity index (χ4n) is 3.70. The molecule has 8 heteroatoms. The van der Waals surface area contributed by atoms with E-state index in [0.29, 0.717) is 16.3 Å². The van der Waals surface area contributed by atoms with Gasteiger partial charge in [0.05, 0.1) is 37.8 Å². The third-order valence-electron chi connectivity index (χ3n) is 5.57. The number of nitriles is 1. The Morgan fingerprint density at radius 3 is 2.43 bits per heavy atom. The second-order valence-corrected chi connectivity index (χ2v) is 11.1. The van der Waals surface area contributed by atoms with Gasteiger partial charge in [0, 0.05) is 17.3 Å². The van der Waals surface area contributed by atoms with Gasteiger partial charge in [-0.2, -0.15) is 10.4 Å². The number of aromatic nitrogens is 3. The van der Waals surface area contributed by atoms with E-state index in [2.05, 4.69) is 11.1 Å². The van der Waals surface area contributed by atoms with Crippen LogP contribution in [0.15, 0.2) is 90.0 Å². The Morgan fingerprint density at radius 1 is 1.03 bits per heavy atom. The van der Waals surface area contributed by atoms with Crippen LogP contribution in [0.2, 0.25) is 0 Å². The van der Waals surface area contributed by atoms with Crippen LogP contribution in [0.25, 0.3) is 38.8 Å². The van der Waals surface area contributed by atoms with Gasteiger partial charge in [-0.25, -0.2) is 18.1 Å². The molecule has 0 aliphatic heterocycles. The van der Waals surface area contributed by atoms with Crippen LogP contribution in [-0.4, -0.2) is 28.9 Å². The van der Waals surface area contributed by atoms with Crippen molar-refractivity contribution in [3.05, 3.63) is 95.6 Å². The summed E-state index contributed by atoms with van der Waals surface area (Å²) in [6, 6.07) is 26.4. The summed E-state index contributed by atoms with van der Waals surface area (Å²) in [6.07, 6.45) is 3.65. The minimum absolute atomic E-state index is 0.0384. The molecular weight excluding hydrogens is 476 g/mol. The normalized spacial score (nSPS) is 12.1. The Hall–Kier alpha value is -4.06. The number of hydrogen-bond donors (Lipinski definition) is 0. The number of fused-ring (bicyclic) bond motifs is 1. The van der Waals surface area contributed by atoms with Crippen molar-refractivity contribution >= 4 is 43.0 Å². The molecule has 5 aromatic rings. The van der Waals surface area contributed by atoms with Crippen LogP contribution >= 0.6 is 11.3 Å². The molecule has 2 heterocycles. The number of nitrogens with zero attached hydrogens (tertiary/aromatic N) is 4. The summed E-state index contributed by atoms with van der Waals surface area (Å²) in [5, 5.41) is 15.4. The first-order valence-electron chi connectivity index (χ1n) is 10.9. The molecule has 0 bridgehead atoms. The molecule has 0 aliphatic rings. The van der Waals surface area contributed by atoms with Gasteiger partial charge in [0.15, 0.2) is 9.84 Å². The molecule has 172 valence electrons. The Kier molecular flexibility index (Phi) is 6.03. The maximum Gasteiger partial charge on any atom is 0.178 e. The zero-order chi connectivity index (χ0) is 24.4. The average molecular weight is 497 g/mol. The first kappa shape index (κ1) is 22.7. The first-order chi connectivity index (χ1) is 17.0. The van der Waals surface area contributed by atoms with Crippen molar-refractivity contribution in [2.45, 2.75) is 11.8 Å². The van der Waals surface area contributed by atoms with Gasteiger partial charge in [0.2, 0.25) is 0 Å². The maximum absolute atomic E-state index is 12.2. The summed E-state index contributed by atoms with van der Waals surface area (Å²) < 4.78 is 27.3. The van der Waals surface area contributed by atoms with Crippen molar-refractivity contribution in [2.75, 3.05) is 5.75 Å². The topological polar surface area (TPSA) is 88.6 Å². The Labute approximate surface area is 207 Å². The van der Waals surface area contributed by atoms with Gasteiger partial charge in [-0.15, -0.1) is 11.3 Å². The summed E-state index contributed by atoms with van der Waals surface area (Å²) >= 11 is 1.47. The maximum atomic E-state index is 12.2. The summed E-state index contributed by atoms with van der Waals surface area (Å²) in [5.41, 5.74) is 4.28. The lowest BCUT2D eigenvalue weighted by atomic mass is 10.1. The van der Waals surface area contributed by atoms with Crippen LogP contribution in [0.5, 0.6) is 0 Å². The molecule has 0 saturated carbocycles. The molecule has 2 aromatic heterocycles. The number of sulfone groups is 1. The van der Waals surface area contributed by atoms with Gasteiger partial charge >= 0.3 is 0 Å². The SMILES string of the molecule is CCS(=O)(=O)c1ccc(-c2nn(-c3ccccc3)cc2/C=C(\C#N)c2nc3ccccc3s2)cc1. The fraction of sp³-hybridized carbons (Fsp3) is 0.0741. The van der Waals surface area contributed by atoms with Gasteiger partial charge in [0.25, 0.3) is 0 Å². The number of thiazole rings is 1. The summed E-state index contributed by atoms with van der Waals surface area (Å²) in [5.74, 6) is 0.0384. The minimum atomic E-state index is -3.30. The zero-order valence-corrected chi connectivity index (χ0v) is 20.4. The molecule has 0 amide bonds. The summed E-state index contributed by atoms with van der Waals surface area (Å²) in [4.78, 5) is 4.90. The van der Waals surface area contributed by atoms with E-state index in [9.17, 15) is 13.7 Å². The molecule has 0 radical (unpaired) electrons. The largest absolute Gasteiger partial charge is 0.240 e. The smallest absolute Gasteiger partial charge is 0.178 e. The molecule has 0 N–H and O–H groups in total. The second-order valence-electron chi connectivity index (χ2n) is 7.80. The molecular formula is C27H20N4O2S2. The van der Waals surface area contributed by atoms with Crippen molar-refractivity contribution in [3.8, 4) is 23.0 Å². The van der Waals surface area contributed by atoms with Gasteiger partial charge in [-0.1, -0.05) is 49.4 Å². The highest BCUT2D eigenvalue weighted by molar-refractivity contribution is 7.91. The molecule has 0 saturated heterocycles. The van der Waals surface area contributed by atoms with Crippen LogP contribution in [0.3, 0.4) is 0 Å². The van der Waals surface area contributed by atoms with Gasteiger partial charge in [-0.05, 0) is 42.5 Å². The van der Waals surface area contributed by atoms with Gasteiger partial charge < -0.3 is 0 Å². The highest BCUT2D eigenvalue weighted by atomic mass is 32.2. The van der Waals surface area contributed by atoms with Gasteiger partial charge in [0.1, 0.15) is 11.1 Å². The van der Waals surface area contributed by atoms with Gasteiger partial charge in [-0.3, -0.25) is 0 Å². The molecule has 0 atom stereocenters. The van der Waals surface area contributed by atoms with E-state index in [-0.39, 0.29) is 10.6 Å².